The lowest BCUT2D eigenvalue weighted by atomic mass is 10.1. The van der Waals surface area contributed by atoms with E-state index in [0.717, 1.165) is 6.54 Å². The number of halogens is 1. The third-order valence-corrected chi connectivity index (χ3v) is 2.35. The molecule has 4 N–H and O–H groups in total. The Morgan fingerprint density at radius 2 is 2.11 bits per heavy atom. The lowest BCUT2D eigenvalue weighted by molar-refractivity contribution is -0.383. The lowest BCUT2D eigenvalue weighted by Gasteiger charge is -2.07. The Bertz CT molecular complexity index is 476. The molecule has 19 heavy (non-hydrogen) atoms. The number of nitro benzene ring substituents is 1. The van der Waals surface area contributed by atoms with Gasteiger partial charge in [-0.2, -0.15) is 0 Å². The molecule has 0 aliphatic carbocycles. The van der Waals surface area contributed by atoms with Gasteiger partial charge in [-0.05, 0) is 26.2 Å². The third-order valence-electron chi connectivity index (χ3n) is 2.35. The summed E-state index contributed by atoms with van der Waals surface area (Å²) in [4.78, 5) is 16.3. The minimum absolute atomic E-state index is 0. The van der Waals surface area contributed by atoms with Crippen LogP contribution in [0.5, 0.6) is 0 Å². The molecule has 106 valence electrons. The van der Waals surface area contributed by atoms with Crippen molar-refractivity contribution in [3.8, 4) is 0 Å². The molecule has 0 spiro atoms. The smallest absolute Gasteiger partial charge is 0.292 e. The van der Waals surface area contributed by atoms with E-state index in [1.165, 1.54) is 12.1 Å². The van der Waals surface area contributed by atoms with Gasteiger partial charge in [0.05, 0.1) is 11.5 Å². The summed E-state index contributed by atoms with van der Waals surface area (Å²) in [5.74, 6) is 0.278. The summed E-state index contributed by atoms with van der Waals surface area (Å²) in [6.45, 7) is 1.30. The molecule has 0 atom stereocenters. The first-order valence-corrected chi connectivity index (χ1v) is 5.40. The summed E-state index contributed by atoms with van der Waals surface area (Å²) in [7, 11) is 3.86. The van der Waals surface area contributed by atoms with Crippen molar-refractivity contribution in [1.29, 1.82) is 0 Å². The van der Waals surface area contributed by atoms with E-state index >= 15 is 0 Å². The van der Waals surface area contributed by atoms with Gasteiger partial charge in [0.1, 0.15) is 11.5 Å². The molecule has 0 saturated carbocycles. The fourth-order valence-electron chi connectivity index (χ4n) is 1.32. The predicted octanol–water partition coefficient (Wildman–Crippen LogP) is 0.866. The Hall–Kier alpha value is -1.86. The molecule has 0 radical (unpaired) electrons. The summed E-state index contributed by atoms with van der Waals surface area (Å²) in [6.07, 6.45) is 0. The fourth-order valence-corrected chi connectivity index (χ4v) is 1.32. The van der Waals surface area contributed by atoms with Gasteiger partial charge < -0.3 is 16.4 Å². The molecule has 1 aromatic rings. The highest BCUT2D eigenvalue weighted by molar-refractivity contribution is 5.98. The highest BCUT2D eigenvalue weighted by Gasteiger charge is 2.13. The van der Waals surface area contributed by atoms with Gasteiger partial charge in [-0.1, -0.05) is 0 Å². The molecule has 0 aliphatic heterocycles. The van der Waals surface area contributed by atoms with Gasteiger partial charge in [0, 0.05) is 18.2 Å². The van der Waals surface area contributed by atoms with Crippen LogP contribution in [0.1, 0.15) is 5.56 Å². The van der Waals surface area contributed by atoms with Crippen molar-refractivity contribution in [2.75, 3.05) is 32.9 Å². The maximum Gasteiger partial charge on any atom is 0.292 e. The van der Waals surface area contributed by atoms with Crippen LogP contribution in [0.15, 0.2) is 23.2 Å². The minimum atomic E-state index is -0.536. The Kier molecular flexibility index (Phi) is 6.81. The molecule has 0 heterocycles. The van der Waals surface area contributed by atoms with Crippen molar-refractivity contribution in [2.24, 2.45) is 10.7 Å². The van der Waals surface area contributed by atoms with Crippen molar-refractivity contribution in [2.45, 2.75) is 0 Å². The van der Waals surface area contributed by atoms with Crippen LogP contribution in [-0.2, 0) is 0 Å². The summed E-state index contributed by atoms with van der Waals surface area (Å²) >= 11 is 0. The minimum Gasteiger partial charge on any atom is -0.393 e. The number of rotatable bonds is 5. The van der Waals surface area contributed by atoms with E-state index in [-0.39, 0.29) is 29.6 Å². The van der Waals surface area contributed by atoms with E-state index in [2.05, 4.69) is 4.99 Å². The molecular formula is C11H18ClN5O2. The van der Waals surface area contributed by atoms with Crippen LogP contribution in [0, 0.1) is 10.1 Å². The molecule has 0 aliphatic rings. The molecule has 1 rings (SSSR count). The third kappa shape index (κ3) is 5.11. The first kappa shape index (κ1) is 17.1. The average molecular weight is 288 g/mol. The Morgan fingerprint density at radius 1 is 1.47 bits per heavy atom. The summed E-state index contributed by atoms with van der Waals surface area (Å²) < 4.78 is 0. The molecule has 8 heteroatoms. The van der Waals surface area contributed by atoms with Crippen LogP contribution in [0.4, 0.5) is 11.4 Å². The van der Waals surface area contributed by atoms with Crippen LogP contribution in [0.3, 0.4) is 0 Å². The van der Waals surface area contributed by atoms with Gasteiger partial charge in [-0.25, -0.2) is 0 Å². The van der Waals surface area contributed by atoms with Gasteiger partial charge in [-0.3, -0.25) is 15.1 Å². The largest absolute Gasteiger partial charge is 0.393 e. The topological polar surface area (TPSA) is 111 Å². The van der Waals surface area contributed by atoms with E-state index in [9.17, 15) is 10.1 Å². The van der Waals surface area contributed by atoms with Crippen molar-refractivity contribution in [1.82, 2.24) is 4.90 Å². The number of hydrogen-bond donors (Lipinski definition) is 2. The summed E-state index contributed by atoms with van der Waals surface area (Å²) in [5.41, 5.74) is 11.7. The standard InChI is InChI=1S/C11H17N5O2.ClH/c1-15(2)6-5-14-11(13)8-3-4-9(12)10(7-8)16(17)18;/h3-4,7H,5-6,12H2,1-2H3,(H2,13,14);1H. The molecule has 0 saturated heterocycles. The van der Waals surface area contributed by atoms with Gasteiger partial charge in [0.2, 0.25) is 0 Å². The molecule has 0 unspecified atom stereocenters. The average Bonchev–Trinajstić information content (AvgIpc) is 2.28. The molecule has 0 aromatic heterocycles. The number of anilines is 1. The molecular weight excluding hydrogens is 270 g/mol. The zero-order chi connectivity index (χ0) is 13.7. The van der Waals surface area contributed by atoms with E-state index < -0.39 is 4.92 Å². The first-order valence-electron chi connectivity index (χ1n) is 5.40. The number of amidine groups is 1. The normalized spacial score (nSPS) is 11.2. The lowest BCUT2D eigenvalue weighted by Crippen LogP contribution is -2.19. The zero-order valence-electron chi connectivity index (χ0n) is 10.9. The number of likely N-dealkylation sites (N-methyl/N-ethyl adjacent to an activating group) is 1. The van der Waals surface area contributed by atoms with Crippen LogP contribution in [-0.4, -0.2) is 42.8 Å². The van der Waals surface area contributed by atoms with Crippen LogP contribution in [0.25, 0.3) is 0 Å². The van der Waals surface area contributed by atoms with E-state index in [1.54, 1.807) is 6.07 Å². The number of nitro groups is 1. The van der Waals surface area contributed by atoms with E-state index in [4.69, 9.17) is 11.5 Å². The molecule has 0 bridgehead atoms. The quantitative estimate of drug-likeness (QED) is 0.274. The van der Waals surface area contributed by atoms with Crippen molar-refractivity contribution < 1.29 is 4.92 Å². The second-order valence-corrected chi connectivity index (χ2v) is 4.10. The monoisotopic (exact) mass is 287 g/mol. The van der Waals surface area contributed by atoms with Crippen molar-refractivity contribution in [3.63, 3.8) is 0 Å². The van der Waals surface area contributed by atoms with Crippen molar-refractivity contribution >= 4 is 29.6 Å². The Balaban J connectivity index is 0.00000324. The van der Waals surface area contributed by atoms with Gasteiger partial charge in [0.25, 0.3) is 5.69 Å². The van der Waals surface area contributed by atoms with Crippen molar-refractivity contribution in [3.05, 3.63) is 33.9 Å². The Labute approximate surface area is 117 Å². The van der Waals surface area contributed by atoms with Gasteiger partial charge >= 0.3 is 0 Å². The molecule has 7 nitrogen and oxygen atoms in total. The van der Waals surface area contributed by atoms with Crippen LogP contribution >= 0.6 is 12.4 Å². The second kappa shape index (κ2) is 7.55. The number of nitrogen functional groups attached to an aromatic ring is 1. The van der Waals surface area contributed by atoms with Crippen LogP contribution < -0.4 is 11.5 Å². The maximum absolute atomic E-state index is 10.7. The zero-order valence-corrected chi connectivity index (χ0v) is 11.7. The number of aliphatic imine (C=N–C) groups is 1. The van der Waals surface area contributed by atoms with E-state index in [0.29, 0.717) is 12.1 Å². The van der Waals surface area contributed by atoms with Gasteiger partial charge in [0.15, 0.2) is 0 Å². The first-order chi connectivity index (χ1) is 8.41. The maximum atomic E-state index is 10.7. The number of benzene rings is 1. The fraction of sp³-hybridized carbons (Fsp3) is 0.364. The SMILES string of the molecule is CN(C)CCN=C(N)c1ccc(N)c([N+](=O)[O-])c1.Cl. The van der Waals surface area contributed by atoms with Crippen LogP contribution in [0.2, 0.25) is 0 Å². The molecule has 0 amide bonds. The number of hydrogen-bond acceptors (Lipinski definition) is 5. The Morgan fingerprint density at radius 3 is 2.63 bits per heavy atom. The number of nitrogens with two attached hydrogens (primary N) is 2. The molecule has 0 fully saturated rings. The summed E-state index contributed by atoms with van der Waals surface area (Å²) in [6, 6.07) is 4.42. The summed E-state index contributed by atoms with van der Waals surface area (Å²) in [5, 5.41) is 10.7. The van der Waals surface area contributed by atoms with Gasteiger partial charge in [-0.15, -0.1) is 12.4 Å². The predicted molar refractivity (Wildman–Crippen MR) is 78.9 cm³/mol. The highest BCUT2D eigenvalue weighted by Crippen LogP contribution is 2.22. The molecule has 1 aromatic carbocycles. The number of nitrogens with zero attached hydrogens (tertiary/aromatic N) is 3. The van der Waals surface area contributed by atoms with E-state index in [1.807, 2.05) is 19.0 Å². The second-order valence-electron chi connectivity index (χ2n) is 4.10. The highest BCUT2D eigenvalue weighted by atomic mass is 35.5.